The van der Waals surface area contributed by atoms with Crippen LogP contribution in [0, 0.1) is 15.9 Å². The Bertz CT molecular complexity index is 550. The molecule has 0 spiro atoms. The lowest BCUT2D eigenvalue weighted by Crippen LogP contribution is -2.24. The largest absolute Gasteiger partial charge is 0.497 e. The first-order valence-electron chi connectivity index (χ1n) is 6.56. The van der Waals surface area contributed by atoms with E-state index >= 15 is 0 Å². The Morgan fingerprint density at radius 2 is 2.38 bits per heavy atom. The molecule has 1 aliphatic heterocycles. The molecule has 7 heteroatoms. The van der Waals surface area contributed by atoms with Crippen LogP contribution in [0.1, 0.15) is 6.42 Å². The molecule has 1 atom stereocenters. The maximum absolute atomic E-state index is 13.9. The first-order valence-corrected chi connectivity index (χ1v) is 6.56. The van der Waals surface area contributed by atoms with Crippen molar-refractivity contribution in [3.05, 3.63) is 40.7 Å². The van der Waals surface area contributed by atoms with Crippen molar-refractivity contribution in [3.8, 4) is 5.75 Å². The Morgan fingerprint density at radius 3 is 3.00 bits per heavy atom. The second-order valence-electron chi connectivity index (χ2n) is 4.71. The van der Waals surface area contributed by atoms with Gasteiger partial charge in [-0.05, 0) is 6.42 Å². The number of benzene rings is 1. The van der Waals surface area contributed by atoms with Crippen LogP contribution in [0.15, 0.2) is 24.8 Å². The summed E-state index contributed by atoms with van der Waals surface area (Å²) in [5.74, 6) is -0.645. The summed E-state index contributed by atoms with van der Waals surface area (Å²) in [5.41, 5.74) is -0.304. The van der Waals surface area contributed by atoms with Crippen LogP contribution in [0.25, 0.3) is 0 Å². The molecule has 1 aromatic carbocycles. The smallest absolute Gasteiger partial charge is 0.328 e. The third kappa shape index (κ3) is 3.30. The molecule has 1 unspecified atom stereocenters. The van der Waals surface area contributed by atoms with Gasteiger partial charge in [-0.3, -0.25) is 10.1 Å². The van der Waals surface area contributed by atoms with E-state index in [0.717, 1.165) is 12.5 Å². The van der Waals surface area contributed by atoms with Gasteiger partial charge in [-0.2, -0.15) is 4.39 Å². The predicted molar refractivity (Wildman–Crippen MR) is 76.4 cm³/mol. The molecule has 1 aliphatic rings. The van der Waals surface area contributed by atoms with Crippen LogP contribution < -0.4 is 9.64 Å². The monoisotopic (exact) mass is 296 g/mol. The van der Waals surface area contributed by atoms with E-state index in [2.05, 4.69) is 6.58 Å². The van der Waals surface area contributed by atoms with E-state index in [1.807, 2.05) is 0 Å². The van der Waals surface area contributed by atoms with Gasteiger partial charge in [-0.1, -0.05) is 6.08 Å². The Hall–Kier alpha value is -2.15. The van der Waals surface area contributed by atoms with Crippen LogP contribution in [0.5, 0.6) is 5.75 Å². The van der Waals surface area contributed by atoms with E-state index in [4.69, 9.17) is 9.47 Å². The fraction of sp³-hybridized carbons (Fsp3) is 0.429. The quantitative estimate of drug-likeness (QED) is 0.458. The zero-order valence-electron chi connectivity index (χ0n) is 11.8. The second-order valence-corrected chi connectivity index (χ2v) is 4.71. The lowest BCUT2D eigenvalue weighted by atomic mass is 10.2. The van der Waals surface area contributed by atoms with Crippen molar-refractivity contribution in [3.63, 3.8) is 0 Å². The summed E-state index contributed by atoms with van der Waals surface area (Å²) in [6.07, 6.45) is 2.33. The minimum atomic E-state index is -0.898. The summed E-state index contributed by atoms with van der Waals surface area (Å²) < 4.78 is 24.4. The zero-order chi connectivity index (χ0) is 15.4. The number of rotatable bonds is 6. The summed E-state index contributed by atoms with van der Waals surface area (Å²) in [6, 6.07) is 2.50. The number of ether oxygens (including phenoxy) is 2. The van der Waals surface area contributed by atoms with Gasteiger partial charge >= 0.3 is 5.69 Å². The van der Waals surface area contributed by atoms with Crippen LogP contribution in [-0.4, -0.2) is 37.8 Å². The number of hydrogen-bond donors (Lipinski definition) is 0. The standard InChI is InChI=1S/C14H17FN2O4/c1-3-6-21-10-4-5-16(9-10)13-8-11(20-2)7-12(15)14(13)17(18)19/h3,7-8,10H,1,4-6,9H2,2H3. The summed E-state index contributed by atoms with van der Waals surface area (Å²) in [7, 11) is 1.39. The Labute approximate surface area is 121 Å². The molecule has 1 saturated heterocycles. The first-order chi connectivity index (χ1) is 10.1. The Kier molecular flexibility index (Phi) is 4.74. The maximum atomic E-state index is 13.9. The van der Waals surface area contributed by atoms with Crippen LogP contribution in [0.3, 0.4) is 0 Å². The van der Waals surface area contributed by atoms with E-state index < -0.39 is 16.4 Å². The minimum Gasteiger partial charge on any atom is -0.497 e. The zero-order valence-corrected chi connectivity index (χ0v) is 11.8. The number of nitrogens with zero attached hydrogens (tertiary/aromatic N) is 2. The molecule has 0 N–H and O–H groups in total. The molecule has 0 aromatic heterocycles. The van der Waals surface area contributed by atoms with Crippen LogP contribution in [-0.2, 0) is 4.74 Å². The van der Waals surface area contributed by atoms with Gasteiger partial charge in [0.15, 0.2) is 0 Å². The molecule has 1 aromatic rings. The topological polar surface area (TPSA) is 64.8 Å². The third-order valence-electron chi connectivity index (χ3n) is 3.37. The first kappa shape index (κ1) is 15.2. The highest BCUT2D eigenvalue weighted by atomic mass is 19.1. The lowest BCUT2D eigenvalue weighted by molar-refractivity contribution is -0.386. The number of hydrogen-bond acceptors (Lipinski definition) is 5. The van der Waals surface area contributed by atoms with Crippen LogP contribution >= 0.6 is 0 Å². The van der Waals surface area contributed by atoms with Crippen molar-refractivity contribution in [1.29, 1.82) is 0 Å². The lowest BCUT2D eigenvalue weighted by Gasteiger charge is -2.19. The highest BCUT2D eigenvalue weighted by Crippen LogP contribution is 2.37. The van der Waals surface area contributed by atoms with Gasteiger partial charge < -0.3 is 14.4 Å². The summed E-state index contributed by atoms with van der Waals surface area (Å²) >= 11 is 0. The van der Waals surface area contributed by atoms with Gasteiger partial charge in [-0.25, -0.2) is 0 Å². The third-order valence-corrected chi connectivity index (χ3v) is 3.37. The molecule has 21 heavy (non-hydrogen) atoms. The normalized spacial score (nSPS) is 17.8. The van der Waals surface area contributed by atoms with Gasteiger partial charge in [0.05, 0.1) is 24.7 Å². The summed E-state index contributed by atoms with van der Waals surface area (Å²) in [5, 5.41) is 11.1. The summed E-state index contributed by atoms with van der Waals surface area (Å²) in [6.45, 7) is 5.04. The van der Waals surface area contributed by atoms with Crippen molar-refractivity contribution in [2.45, 2.75) is 12.5 Å². The number of anilines is 1. The molecule has 6 nitrogen and oxygen atoms in total. The number of methoxy groups -OCH3 is 1. The Morgan fingerprint density at radius 1 is 1.62 bits per heavy atom. The van der Waals surface area contributed by atoms with E-state index in [9.17, 15) is 14.5 Å². The van der Waals surface area contributed by atoms with Crippen molar-refractivity contribution in [2.24, 2.45) is 0 Å². The maximum Gasteiger partial charge on any atom is 0.328 e. The average Bonchev–Trinajstić information content (AvgIpc) is 2.92. The number of halogens is 1. The molecule has 2 rings (SSSR count). The fourth-order valence-corrected chi connectivity index (χ4v) is 2.39. The van der Waals surface area contributed by atoms with Gasteiger partial charge in [0.1, 0.15) is 11.4 Å². The van der Waals surface area contributed by atoms with Gasteiger partial charge in [0.2, 0.25) is 5.82 Å². The number of nitro benzene ring substituents is 1. The van der Waals surface area contributed by atoms with Gasteiger partial charge in [0, 0.05) is 25.2 Å². The molecule has 1 heterocycles. The van der Waals surface area contributed by atoms with Gasteiger partial charge in [0.25, 0.3) is 0 Å². The van der Waals surface area contributed by atoms with Crippen LogP contribution in [0.4, 0.5) is 15.8 Å². The van der Waals surface area contributed by atoms with Crippen molar-refractivity contribution >= 4 is 11.4 Å². The van der Waals surface area contributed by atoms with E-state index in [0.29, 0.717) is 19.7 Å². The predicted octanol–water partition coefficient (Wildman–Crippen LogP) is 2.52. The van der Waals surface area contributed by atoms with Gasteiger partial charge in [-0.15, -0.1) is 6.58 Å². The van der Waals surface area contributed by atoms with Crippen LogP contribution in [0.2, 0.25) is 0 Å². The van der Waals surface area contributed by atoms with E-state index in [1.165, 1.54) is 13.2 Å². The molecule has 0 amide bonds. The molecule has 1 fully saturated rings. The molecule has 114 valence electrons. The minimum absolute atomic E-state index is 0.0446. The van der Waals surface area contributed by atoms with Crippen molar-refractivity contribution in [2.75, 3.05) is 31.7 Å². The molecular weight excluding hydrogens is 279 g/mol. The molecular formula is C14H17FN2O4. The highest BCUT2D eigenvalue weighted by Gasteiger charge is 2.31. The average molecular weight is 296 g/mol. The van der Waals surface area contributed by atoms with Crippen molar-refractivity contribution < 1.29 is 18.8 Å². The molecule has 0 aliphatic carbocycles. The summed E-state index contributed by atoms with van der Waals surface area (Å²) in [4.78, 5) is 12.1. The number of nitro groups is 1. The van der Waals surface area contributed by atoms with E-state index in [1.54, 1.807) is 11.0 Å². The fourth-order valence-electron chi connectivity index (χ4n) is 2.39. The highest BCUT2D eigenvalue weighted by molar-refractivity contribution is 5.67. The van der Waals surface area contributed by atoms with E-state index in [-0.39, 0.29) is 17.5 Å². The SMILES string of the molecule is C=CCOC1CCN(c2cc(OC)cc(F)c2[N+](=O)[O-])C1. The Balaban J connectivity index is 2.28. The molecule has 0 radical (unpaired) electrons. The second kappa shape index (κ2) is 6.53. The molecule has 0 bridgehead atoms. The molecule has 0 saturated carbocycles. The van der Waals surface area contributed by atoms with Crippen molar-refractivity contribution in [1.82, 2.24) is 0 Å².